The van der Waals surface area contributed by atoms with Crippen LogP contribution in [-0.2, 0) is 6.18 Å². The minimum absolute atomic E-state index is 0.156. The van der Waals surface area contributed by atoms with Gasteiger partial charge in [-0.25, -0.2) is 0 Å². The van der Waals surface area contributed by atoms with Gasteiger partial charge < -0.3 is 20.0 Å². The summed E-state index contributed by atoms with van der Waals surface area (Å²) in [5, 5.41) is 25.7. The zero-order chi connectivity index (χ0) is 28.9. The maximum absolute atomic E-state index is 13.1. The topological polar surface area (TPSA) is 71.7 Å². The number of nitrogens with zero attached hydrogens (tertiary/aromatic N) is 2. The summed E-state index contributed by atoms with van der Waals surface area (Å²) in [5.41, 5.74) is 2.03. The summed E-state index contributed by atoms with van der Waals surface area (Å²) in [4.78, 5) is 2.40. The molecule has 0 spiro atoms. The molecule has 216 valence electrons. The minimum Gasteiger partial charge on any atom is -0.618 e. The molecule has 4 rings (SSSR count). The molecule has 3 unspecified atom stereocenters. The van der Waals surface area contributed by atoms with Crippen molar-refractivity contribution in [2.45, 2.75) is 64.6 Å². The van der Waals surface area contributed by atoms with E-state index in [0.717, 1.165) is 60.3 Å². The van der Waals surface area contributed by atoms with E-state index in [2.05, 4.69) is 17.1 Å². The highest BCUT2D eigenvalue weighted by Crippen LogP contribution is 2.37. The number of aryl methyl sites for hydroxylation is 1. The van der Waals surface area contributed by atoms with Crippen molar-refractivity contribution in [3.8, 4) is 5.75 Å². The fourth-order valence-electron chi connectivity index (χ4n) is 5.52. The van der Waals surface area contributed by atoms with Gasteiger partial charge in [-0.2, -0.15) is 17.9 Å². The van der Waals surface area contributed by atoms with Gasteiger partial charge in [0.1, 0.15) is 18.1 Å². The van der Waals surface area contributed by atoms with Crippen molar-refractivity contribution in [3.63, 3.8) is 0 Å². The molecule has 1 aromatic heterocycles. The minimum atomic E-state index is -4.38. The molecule has 40 heavy (non-hydrogen) atoms. The largest absolute Gasteiger partial charge is 0.618 e. The van der Waals surface area contributed by atoms with E-state index < -0.39 is 18.0 Å². The number of pyridine rings is 1. The lowest BCUT2D eigenvalue weighted by molar-refractivity contribution is -0.613. The summed E-state index contributed by atoms with van der Waals surface area (Å²) in [6.07, 6.45) is -1.68. The molecule has 1 aliphatic heterocycles. The number of aromatic nitrogens is 1. The maximum Gasteiger partial charge on any atom is 0.416 e. The predicted molar refractivity (Wildman–Crippen MR) is 147 cm³/mol. The van der Waals surface area contributed by atoms with Crippen molar-refractivity contribution >= 4 is 0 Å². The molecule has 1 fully saturated rings. The summed E-state index contributed by atoms with van der Waals surface area (Å²) in [6.45, 7) is 8.01. The average Bonchev–Trinajstić information content (AvgIpc) is 2.94. The van der Waals surface area contributed by atoms with Gasteiger partial charge in [0.05, 0.1) is 11.1 Å². The molecule has 0 amide bonds. The van der Waals surface area contributed by atoms with Crippen molar-refractivity contribution in [1.82, 2.24) is 10.2 Å². The van der Waals surface area contributed by atoms with Crippen LogP contribution in [0.2, 0.25) is 0 Å². The lowest BCUT2D eigenvalue weighted by atomic mass is 9.86. The zero-order valence-corrected chi connectivity index (χ0v) is 23.2. The number of piperidine rings is 1. The summed E-state index contributed by atoms with van der Waals surface area (Å²) in [7, 11) is 0. The highest BCUT2D eigenvalue weighted by molar-refractivity contribution is 5.29. The number of nitrogens with one attached hydrogen (secondary N) is 1. The Hall–Kier alpha value is -3.14. The Labute approximate surface area is 234 Å². The molecule has 0 aliphatic carbocycles. The number of aliphatic hydroxyl groups excluding tert-OH is 1. The Morgan fingerprint density at radius 2 is 1.70 bits per heavy atom. The standard InChI is InChI=1S/C31H38F3N3O3/c1-21-14-20-37(39)23(3)28(21)30(38)35-17-13-22(2)36-18-15-25(16-19-36)29(40-27-7-5-4-6-8-27)24-9-11-26(12-10-24)31(32,33)34/h4-12,14,20,22,25,29-30,35,38H,13,15-19H2,1-3H3. The quantitative estimate of drug-likeness (QED) is 0.186. The number of alkyl halides is 3. The van der Waals surface area contributed by atoms with Gasteiger partial charge in [-0.3, -0.25) is 5.32 Å². The molecule has 2 heterocycles. The van der Waals surface area contributed by atoms with Crippen molar-refractivity contribution in [2.24, 2.45) is 5.92 Å². The first-order valence-corrected chi connectivity index (χ1v) is 13.8. The number of rotatable bonds is 10. The van der Waals surface area contributed by atoms with Gasteiger partial charge in [-0.15, -0.1) is 0 Å². The van der Waals surface area contributed by atoms with E-state index in [1.807, 2.05) is 37.3 Å². The van der Waals surface area contributed by atoms with Crippen LogP contribution in [0.1, 0.15) is 66.5 Å². The lowest BCUT2D eigenvalue weighted by Crippen LogP contribution is -2.43. The second-order valence-corrected chi connectivity index (χ2v) is 10.7. The number of ether oxygens (including phenoxy) is 1. The summed E-state index contributed by atoms with van der Waals surface area (Å²) in [5.74, 6) is 0.849. The Bertz CT molecular complexity index is 1230. The second kappa shape index (κ2) is 13.0. The third-order valence-corrected chi connectivity index (χ3v) is 7.98. The van der Waals surface area contributed by atoms with Gasteiger partial charge in [0.25, 0.3) is 0 Å². The highest BCUT2D eigenvalue weighted by atomic mass is 19.4. The van der Waals surface area contributed by atoms with Crippen LogP contribution >= 0.6 is 0 Å². The number of hydrogen-bond donors (Lipinski definition) is 2. The molecule has 0 bridgehead atoms. The Morgan fingerprint density at radius 1 is 1.05 bits per heavy atom. The molecule has 3 aromatic rings. The molecule has 1 aliphatic rings. The van der Waals surface area contributed by atoms with Gasteiger partial charge in [-0.05, 0) is 88.1 Å². The van der Waals surface area contributed by atoms with E-state index in [1.165, 1.54) is 18.3 Å². The number of hydrogen-bond acceptors (Lipinski definition) is 5. The van der Waals surface area contributed by atoms with Crippen molar-refractivity contribution in [2.75, 3.05) is 19.6 Å². The first-order valence-electron chi connectivity index (χ1n) is 13.8. The van der Waals surface area contributed by atoms with Crippen LogP contribution in [-0.4, -0.2) is 35.7 Å². The van der Waals surface area contributed by atoms with Crippen LogP contribution in [0, 0.1) is 25.0 Å². The van der Waals surface area contributed by atoms with E-state index in [4.69, 9.17) is 4.74 Å². The molecular formula is C31H38F3N3O3. The Morgan fingerprint density at radius 3 is 2.33 bits per heavy atom. The summed E-state index contributed by atoms with van der Waals surface area (Å²) < 4.78 is 46.6. The predicted octanol–water partition coefficient (Wildman–Crippen LogP) is 5.85. The van der Waals surface area contributed by atoms with E-state index in [-0.39, 0.29) is 18.1 Å². The van der Waals surface area contributed by atoms with E-state index in [0.29, 0.717) is 23.6 Å². The van der Waals surface area contributed by atoms with Gasteiger partial charge in [0, 0.05) is 24.9 Å². The third-order valence-electron chi connectivity index (χ3n) is 7.98. The van der Waals surface area contributed by atoms with Crippen LogP contribution in [0.5, 0.6) is 5.75 Å². The van der Waals surface area contributed by atoms with Gasteiger partial charge in [0.15, 0.2) is 11.9 Å². The van der Waals surface area contributed by atoms with Crippen LogP contribution < -0.4 is 14.8 Å². The molecule has 6 nitrogen and oxygen atoms in total. The van der Waals surface area contributed by atoms with Gasteiger partial charge in [0.2, 0.25) is 0 Å². The van der Waals surface area contributed by atoms with Crippen LogP contribution in [0.4, 0.5) is 13.2 Å². The maximum atomic E-state index is 13.1. The molecular weight excluding hydrogens is 519 g/mol. The average molecular weight is 558 g/mol. The smallest absolute Gasteiger partial charge is 0.416 e. The molecule has 0 saturated carbocycles. The third kappa shape index (κ3) is 7.33. The Balaban J connectivity index is 1.35. The molecule has 2 aromatic carbocycles. The number of halogens is 3. The zero-order valence-electron chi connectivity index (χ0n) is 23.2. The van der Waals surface area contributed by atoms with E-state index >= 15 is 0 Å². The highest BCUT2D eigenvalue weighted by Gasteiger charge is 2.33. The van der Waals surface area contributed by atoms with E-state index in [9.17, 15) is 23.5 Å². The molecule has 3 atom stereocenters. The Kier molecular flexibility index (Phi) is 9.71. The van der Waals surface area contributed by atoms with Crippen molar-refractivity contribution in [3.05, 3.63) is 100 Å². The fourth-order valence-corrected chi connectivity index (χ4v) is 5.52. The van der Waals surface area contributed by atoms with Gasteiger partial charge >= 0.3 is 6.18 Å². The van der Waals surface area contributed by atoms with Crippen LogP contribution in [0.25, 0.3) is 0 Å². The van der Waals surface area contributed by atoms with Crippen LogP contribution in [0.3, 0.4) is 0 Å². The number of para-hydroxylation sites is 1. The number of likely N-dealkylation sites (tertiary alicyclic amines) is 1. The van der Waals surface area contributed by atoms with Gasteiger partial charge in [-0.1, -0.05) is 30.3 Å². The second-order valence-electron chi connectivity index (χ2n) is 10.7. The number of aliphatic hydroxyl groups is 1. The first kappa shape index (κ1) is 29.8. The lowest BCUT2D eigenvalue weighted by Gasteiger charge is -2.39. The van der Waals surface area contributed by atoms with Crippen molar-refractivity contribution < 1.29 is 27.7 Å². The fraction of sp³-hybridized carbons (Fsp3) is 0.452. The SMILES string of the molecule is Cc1cc[n+]([O-])c(C)c1C(O)NCCC(C)N1CCC(C(Oc2ccccc2)c2ccc(C(F)(F)F)cc2)CC1. The monoisotopic (exact) mass is 557 g/mol. The van der Waals surface area contributed by atoms with E-state index in [1.54, 1.807) is 13.0 Å². The molecule has 1 saturated heterocycles. The molecule has 9 heteroatoms. The van der Waals surface area contributed by atoms with Crippen LogP contribution in [0.15, 0.2) is 66.9 Å². The molecule has 2 N–H and O–H groups in total. The number of benzene rings is 2. The molecule has 0 radical (unpaired) electrons. The summed E-state index contributed by atoms with van der Waals surface area (Å²) in [6, 6.07) is 16.7. The first-order chi connectivity index (χ1) is 19.0. The normalized spacial score (nSPS) is 17.4. The van der Waals surface area contributed by atoms with Crippen molar-refractivity contribution in [1.29, 1.82) is 0 Å². The summed E-state index contributed by atoms with van der Waals surface area (Å²) >= 11 is 0.